The number of hydrogen-bond acceptors (Lipinski definition) is 7. The van der Waals surface area contributed by atoms with Gasteiger partial charge in [0.25, 0.3) is 5.91 Å². The van der Waals surface area contributed by atoms with Crippen molar-refractivity contribution in [1.82, 2.24) is 4.90 Å². The average molecular weight is 582 g/mol. The number of ether oxygens (including phenoxy) is 2. The lowest BCUT2D eigenvalue weighted by Gasteiger charge is -2.36. The summed E-state index contributed by atoms with van der Waals surface area (Å²) >= 11 is 0. The molecule has 0 spiro atoms. The molecule has 3 rings (SSSR count). The average Bonchev–Trinajstić information content (AvgIpc) is 2.88. The third-order valence-corrected chi connectivity index (χ3v) is 6.08. The molecule has 0 aromatic heterocycles. The van der Waals surface area contributed by atoms with Gasteiger partial charge in [0.15, 0.2) is 0 Å². The number of benzene rings is 2. The molecule has 0 unspecified atom stereocenters. The van der Waals surface area contributed by atoms with Crippen LogP contribution in [0, 0.1) is 5.82 Å². The summed E-state index contributed by atoms with van der Waals surface area (Å²) in [7, 11) is 0. The van der Waals surface area contributed by atoms with Gasteiger partial charge in [0.1, 0.15) is 17.0 Å². The molecule has 1 aliphatic rings. The zero-order chi connectivity index (χ0) is 31.2. The Morgan fingerprint density at radius 1 is 0.905 bits per heavy atom. The van der Waals surface area contributed by atoms with Crippen LogP contribution in [0.4, 0.5) is 36.7 Å². The van der Waals surface area contributed by atoms with Gasteiger partial charge >= 0.3 is 12.2 Å². The van der Waals surface area contributed by atoms with Crippen molar-refractivity contribution in [3.05, 3.63) is 53.4 Å². The molecule has 0 bridgehead atoms. The van der Waals surface area contributed by atoms with Crippen molar-refractivity contribution >= 4 is 53.6 Å². The number of rotatable bonds is 6. The highest BCUT2D eigenvalue weighted by atomic mass is 19.1. The molecule has 226 valence electrons. The van der Waals surface area contributed by atoms with E-state index in [0.29, 0.717) is 43.0 Å². The number of hydrogen-bond donors (Lipinski definition) is 2. The van der Waals surface area contributed by atoms with E-state index in [2.05, 4.69) is 27.2 Å². The number of halogens is 1. The Bertz CT molecular complexity index is 1370. The number of aliphatic imine (C=N–C) groups is 1. The normalized spacial score (nSPS) is 14.2. The summed E-state index contributed by atoms with van der Waals surface area (Å²) < 4.78 is 24.7. The quantitative estimate of drug-likeness (QED) is 0.294. The third-order valence-electron chi connectivity index (χ3n) is 6.08. The molecule has 1 aliphatic heterocycles. The monoisotopic (exact) mass is 581 g/mol. The van der Waals surface area contributed by atoms with Crippen molar-refractivity contribution in [3.8, 4) is 0 Å². The van der Waals surface area contributed by atoms with Crippen molar-refractivity contribution in [3.63, 3.8) is 0 Å². The Morgan fingerprint density at radius 3 is 2.14 bits per heavy atom. The van der Waals surface area contributed by atoms with Gasteiger partial charge in [-0.05, 0) is 91.6 Å². The maximum absolute atomic E-state index is 14.0. The SMILES string of the molecule is C=Nc1cc(N2CCN(C(=O)OC(C)(C)C)CC2)ccc1/C=C(\C)C(=O)Nc1cc(F)ccc1NC(=O)OC(C)(C)C. The second-order valence-corrected chi connectivity index (χ2v) is 12.0. The number of carbonyl (C=O) groups is 3. The lowest BCUT2D eigenvalue weighted by molar-refractivity contribution is -0.112. The molecule has 11 heteroatoms. The molecule has 42 heavy (non-hydrogen) atoms. The highest BCUT2D eigenvalue weighted by Gasteiger charge is 2.26. The zero-order valence-corrected chi connectivity index (χ0v) is 25.3. The first kappa shape index (κ1) is 32.1. The van der Waals surface area contributed by atoms with Crippen molar-refractivity contribution < 1.29 is 28.2 Å². The predicted octanol–water partition coefficient (Wildman–Crippen LogP) is 6.60. The fourth-order valence-corrected chi connectivity index (χ4v) is 4.12. The minimum Gasteiger partial charge on any atom is -0.444 e. The zero-order valence-electron chi connectivity index (χ0n) is 25.3. The molecule has 0 radical (unpaired) electrons. The van der Waals surface area contributed by atoms with Gasteiger partial charge in [-0.25, -0.2) is 14.0 Å². The van der Waals surface area contributed by atoms with Gasteiger partial charge in [-0.2, -0.15) is 0 Å². The summed E-state index contributed by atoms with van der Waals surface area (Å²) in [6.45, 7) is 18.3. The van der Waals surface area contributed by atoms with Crippen LogP contribution in [0.15, 0.2) is 47.0 Å². The fourth-order valence-electron chi connectivity index (χ4n) is 4.12. The largest absolute Gasteiger partial charge is 0.444 e. The van der Waals surface area contributed by atoms with Crippen LogP contribution in [0.2, 0.25) is 0 Å². The number of nitrogens with one attached hydrogen (secondary N) is 2. The predicted molar refractivity (Wildman–Crippen MR) is 164 cm³/mol. The first-order chi connectivity index (χ1) is 19.5. The molecule has 0 aliphatic carbocycles. The van der Waals surface area contributed by atoms with E-state index in [9.17, 15) is 18.8 Å². The van der Waals surface area contributed by atoms with E-state index in [4.69, 9.17) is 9.47 Å². The molecule has 2 N–H and O–H groups in total. The Morgan fingerprint density at radius 2 is 1.55 bits per heavy atom. The molecule has 2 aromatic carbocycles. The minimum atomic E-state index is -0.732. The van der Waals surface area contributed by atoms with E-state index in [1.54, 1.807) is 38.7 Å². The van der Waals surface area contributed by atoms with Crippen LogP contribution in [-0.4, -0.2) is 67.1 Å². The maximum atomic E-state index is 14.0. The van der Waals surface area contributed by atoms with Gasteiger partial charge in [-0.3, -0.25) is 15.1 Å². The number of amides is 3. The molecule has 1 saturated heterocycles. The topological polar surface area (TPSA) is 113 Å². The van der Waals surface area contributed by atoms with E-state index < -0.39 is 29.0 Å². The molecule has 0 atom stereocenters. The van der Waals surface area contributed by atoms with Crippen molar-refractivity contribution in [2.45, 2.75) is 59.7 Å². The second-order valence-electron chi connectivity index (χ2n) is 12.0. The van der Waals surface area contributed by atoms with E-state index in [0.717, 1.165) is 11.8 Å². The highest BCUT2D eigenvalue weighted by molar-refractivity contribution is 6.08. The van der Waals surface area contributed by atoms with Crippen molar-refractivity contribution in [2.75, 3.05) is 41.7 Å². The highest BCUT2D eigenvalue weighted by Crippen LogP contribution is 2.30. The minimum absolute atomic E-state index is 0.0848. The summed E-state index contributed by atoms with van der Waals surface area (Å²) in [5.74, 6) is -1.08. The first-order valence-electron chi connectivity index (χ1n) is 13.7. The smallest absolute Gasteiger partial charge is 0.412 e. The summed E-state index contributed by atoms with van der Waals surface area (Å²) in [4.78, 5) is 45.7. The molecule has 1 heterocycles. The Kier molecular flexibility index (Phi) is 9.98. The van der Waals surface area contributed by atoms with E-state index in [1.807, 2.05) is 39.0 Å². The van der Waals surface area contributed by atoms with Gasteiger partial charge in [-0.15, -0.1) is 0 Å². The van der Waals surface area contributed by atoms with Crippen molar-refractivity contribution in [2.24, 2.45) is 4.99 Å². The van der Waals surface area contributed by atoms with Crippen LogP contribution in [-0.2, 0) is 14.3 Å². The summed E-state index contributed by atoms with van der Waals surface area (Å²) in [5, 5.41) is 5.20. The number of carbonyl (C=O) groups excluding carboxylic acids is 3. The number of anilines is 3. The fraction of sp³-hybridized carbons (Fsp3) is 0.419. The van der Waals surface area contributed by atoms with E-state index in [-0.39, 0.29) is 17.5 Å². The molecular weight excluding hydrogens is 541 g/mol. The summed E-state index contributed by atoms with van der Waals surface area (Å²) in [6.07, 6.45) is 0.602. The van der Waals surface area contributed by atoms with Crippen molar-refractivity contribution in [1.29, 1.82) is 0 Å². The standard InChI is InChI=1S/C31H40FN5O5/c1-20(27(38)34-26-18-22(32)10-12-24(26)35-28(39)41-30(2,3)4)17-21-9-11-23(19-25(21)33-8)36-13-15-37(16-14-36)29(40)42-31(5,6)7/h9-12,17-19H,8,13-16H2,1-7H3,(H,34,38)(H,35,39)/b20-17+. The summed E-state index contributed by atoms with van der Waals surface area (Å²) in [5.41, 5.74) is 1.48. The van der Waals surface area contributed by atoms with E-state index >= 15 is 0 Å². The Labute approximate surface area is 246 Å². The molecule has 1 fully saturated rings. The van der Waals surface area contributed by atoms with Gasteiger partial charge in [-0.1, -0.05) is 6.07 Å². The molecule has 3 amide bonds. The van der Waals surface area contributed by atoms with Gasteiger partial charge in [0, 0.05) is 43.0 Å². The Hall–Kier alpha value is -4.41. The lowest BCUT2D eigenvalue weighted by Crippen LogP contribution is -2.50. The van der Waals surface area contributed by atoms with Crippen LogP contribution in [0.5, 0.6) is 0 Å². The molecular formula is C31H40FN5O5. The van der Waals surface area contributed by atoms with E-state index in [1.165, 1.54) is 12.1 Å². The van der Waals surface area contributed by atoms with Crippen LogP contribution in [0.1, 0.15) is 54.0 Å². The van der Waals surface area contributed by atoms with Crippen LogP contribution >= 0.6 is 0 Å². The van der Waals surface area contributed by atoms with Crippen LogP contribution in [0.25, 0.3) is 6.08 Å². The first-order valence-corrected chi connectivity index (χ1v) is 13.7. The van der Waals surface area contributed by atoms with Crippen LogP contribution < -0.4 is 15.5 Å². The molecule has 10 nitrogen and oxygen atoms in total. The van der Waals surface area contributed by atoms with Gasteiger partial charge in [0.2, 0.25) is 0 Å². The Balaban J connectivity index is 1.71. The van der Waals surface area contributed by atoms with Crippen LogP contribution in [0.3, 0.4) is 0 Å². The third kappa shape index (κ3) is 9.32. The maximum Gasteiger partial charge on any atom is 0.412 e. The number of piperazine rings is 1. The lowest BCUT2D eigenvalue weighted by atomic mass is 10.1. The number of nitrogens with zero attached hydrogens (tertiary/aromatic N) is 3. The summed E-state index contributed by atoms with van der Waals surface area (Å²) in [6, 6.07) is 9.28. The molecule has 0 saturated carbocycles. The second kappa shape index (κ2) is 13.1. The van der Waals surface area contributed by atoms with Gasteiger partial charge < -0.3 is 24.6 Å². The van der Waals surface area contributed by atoms with Gasteiger partial charge in [0.05, 0.1) is 17.1 Å². The molecule has 2 aromatic rings.